The summed E-state index contributed by atoms with van der Waals surface area (Å²) >= 11 is 0. The normalized spacial score (nSPS) is 11.4. The van der Waals surface area contributed by atoms with Gasteiger partial charge in [-0.05, 0) is 12.5 Å². The zero-order chi connectivity index (χ0) is 19.6. The molecule has 0 fully saturated rings. The smallest absolute Gasteiger partial charge is 0.393 e. The Morgan fingerprint density at radius 2 is 1.65 bits per heavy atom. The molecule has 0 bridgehead atoms. The Morgan fingerprint density at radius 1 is 1.04 bits per heavy atom. The molecule has 7 heteroatoms. The summed E-state index contributed by atoms with van der Waals surface area (Å²) in [6.45, 7) is 2.12. The topological polar surface area (TPSA) is 66.4 Å². The number of carbonyl (C=O) groups is 2. The zero-order valence-corrected chi connectivity index (χ0v) is 14.9. The second-order valence-corrected chi connectivity index (χ2v) is 6.22. The van der Waals surface area contributed by atoms with Gasteiger partial charge in [0, 0.05) is 17.5 Å². The minimum absolute atomic E-state index is 0.0284. The number of ether oxygens (including phenoxy) is 1. The van der Waals surface area contributed by atoms with Crippen molar-refractivity contribution in [1.29, 1.82) is 0 Å². The van der Waals surface area contributed by atoms with E-state index < -0.39 is 41.4 Å². The fourth-order valence-corrected chi connectivity index (χ4v) is 2.61. The van der Waals surface area contributed by atoms with Crippen LogP contribution in [0.1, 0.15) is 74.2 Å². The average molecular weight is 373 g/mol. The molecule has 0 aliphatic carbocycles. The predicted molar refractivity (Wildman–Crippen MR) is 88.8 cm³/mol. The van der Waals surface area contributed by atoms with E-state index in [0.29, 0.717) is 6.42 Å². The highest BCUT2D eigenvalue weighted by Crippen LogP contribution is 2.30. The lowest BCUT2D eigenvalue weighted by molar-refractivity contribution is -0.255. The average Bonchev–Trinajstić information content (AvgIpc) is 2.54. The van der Waals surface area contributed by atoms with Crippen molar-refractivity contribution in [3.8, 4) is 5.75 Å². The van der Waals surface area contributed by atoms with Gasteiger partial charge < -0.3 is 14.6 Å². The molecule has 0 saturated carbocycles. The van der Waals surface area contributed by atoms with Gasteiger partial charge in [0.15, 0.2) is 0 Å². The van der Waals surface area contributed by atoms with Crippen molar-refractivity contribution >= 4 is 11.9 Å². The van der Waals surface area contributed by atoms with E-state index in [4.69, 9.17) is 4.74 Å². The number of carboxylic acids is 1. The van der Waals surface area contributed by atoms with Crippen molar-refractivity contribution in [2.45, 2.75) is 70.9 Å². The van der Waals surface area contributed by atoms with Crippen LogP contribution in [-0.2, 0) is 11.2 Å². The molecule has 0 aliphatic heterocycles. The lowest BCUT2D eigenvalue weighted by Crippen LogP contribution is -2.25. The molecule has 0 heterocycles. The molecular formula is C19H24F3O4-. The van der Waals surface area contributed by atoms with E-state index in [0.717, 1.165) is 44.2 Å². The quantitative estimate of drug-likeness (QED) is 0.331. The number of aromatic carboxylic acids is 1. The Balaban J connectivity index is 2.66. The summed E-state index contributed by atoms with van der Waals surface area (Å²) in [6, 6.07) is 3.32. The van der Waals surface area contributed by atoms with Gasteiger partial charge in [-0.2, -0.15) is 13.2 Å². The lowest BCUT2D eigenvalue weighted by atomic mass is 10.1. The first-order valence-corrected chi connectivity index (χ1v) is 8.85. The van der Waals surface area contributed by atoms with Gasteiger partial charge in [-0.25, -0.2) is 0 Å². The van der Waals surface area contributed by atoms with Crippen LogP contribution in [0, 0.1) is 0 Å². The molecule has 0 aliphatic rings. The Morgan fingerprint density at radius 3 is 2.23 bits per heavy atom. The van der Waals surface area contributed by atoms with Crippen LogP contribution in [0.3, 0.4) is 0 Å². The van der Waals surface area contributed by atoms with Crippen LogP contribution in [0.25, 0.3) is 0 Å². The van der Waals surface area contributed by atoms with Gasteiger partial charge in [0.25, 0.3) is 0 Å². The minimum atomic E-state index is -4.55. The maximum atomic E-state index is 12.7. The summed E-state index contributed by atoms with van der Waals surface area (Å²) in [6.07, 6.45) is 0.964. The third kappa shape index (κ3) is 8.36. The molecule has 1 rings (SSSR count). The molecule has 1 aromatic rings. The number of hydrogen-bond acceptors (Lipinski definition) is 4. The molecule has 26 heavy (non-hydrogen) atoms. The third-order valence-corrected chi connectivity index (χ3v) is 3.91. The van der Waals surface area contributed by atoms with Crippen LogP contribution in [0.15, 0.2) is 18.2 Å². The molecule has 1 aromatic carbocycles. The van der Waals surface area contributed by atoms with Gasteiger partial charge in [-0.15, -0.1) is 0 Å². The SMILES string of the molecule is CCCCCCCCCC(=O)Oc1c(CC(F)(F)F)cccc1C(=O)[O-]. The van der Waals surface area contributed by atoms with Gasteiger partial charge in [0.1, 0.15) is 5.75 Å². The van der Waals surface area contributed by atoms with Gasteiger partial charge in [0.05, 0.1) is 12.4 Å². The summed E-state index contributed by atoms with van der Waals surface area (Å²) < 4.78 is 43.0. The third-order valence-electron chi connectivity index (χ3n) is 3.91. The van der Waals surface area contributed by atoms with Crippen molar-refractivity contribution < 1.29 is 32.6 Å². The van der Waals surface area contributed by atoms with Crippen LogP contribution in [0.5, 0.6) is 5.75 Å². The fourth-order valence-electron chi connectivity index (χ4n) is 2.61. The Hall–Kier alpha value is -2.05. The Labute approximate surface area is 151 Å². The molecule has 0 atom stereocenters. The minimum Gasteiger partial charge on any atom is -0.545 e. The summed E-state index contributed by atoms with van der Waals surface area (Å²) in [5.74, 6) is -3.00. The van der Waals surface area contributed by atoms with E-state index in [9.17, 15) is 27.9 Å². The maximum Gasteiger partial charge on any atom is 0.393 e. The van der Waals surface area contributed by atoms with Crippen molar-refractivity contribution in [2.24, 2.45) is 0 Å². The summed E-state index contributed by atoms with van der Waals surface area (Å²) in [4.78, 5) is 23.0. The summed E-state index contributed by atoms with van der Waals surface area (Å²) in [5, 5.41) is 11.1. The number of para-hydroxylation sites is 1. The van der Waals surface area contributed by atoms with Crippen LogP contribution in [0.4, 0.5) is 13.2 Å². The lowest BCUT2D eigenvalue weighted by Gasteiger charge is -2.16. The standard InChI is InChI=1S/C19H25F3O4/c1-2-3-4-5-6-7-8-12-16(23)26-17-14(13-19(20,21)22)10-9-11-15(17)18(24)25/h9-11H,2-8,12-13H2,1H3,(H,24,25)/p-1. The first-order chi connectivity index (χ1) is 12.2. The maximum absolute atomic E-state index is 12.7. The van der Waals surface area contributed by atoms with E-state index in [1.807, 2.05) is 0 Å². The Kier molecular flexibility index (Phi) is 9.16. The van der Waals surface area contributed by atoms with Crippen molar-refractivity contribution in [1.82, 2.24) is 0 Å². The van der Waals surface area contributed by atoms with E-state index in [2.05, 4.69) is 6.92 Å². The Bertz CT molecular complexity index is 597. The highest BCUT2D eigenvalue weighted by molar-refractivity contribution is 5.91. The molecule has 4 nitrogen and oxygen atoms in total. The largest absolute Gasteiger partial charge is 0.545 e. The van der Waals surface area contributed by atoms with Crippen LogP contribution < -0.4 is 9.84 Å². The van der Waals surface area contributed by atoms with Crippen molar-refractivity contribution in [2.75, 3.05) is 0 Å². The highest BCUT2D eigenvalue weighted by Gasteiger charge is 2.30. The summed E-state index contributed by atoms with van der Waals surface area (Å²) in [5.41, 5.74) is -0.952. The van der Waals surface area contributed by atoms with Crippen LogP contribution in [0.2, 0.25) is 0 Å². The van der Waals surface area contributed by atoms with Gasteiger partial charge in [-0.1, -0.05) is 57.6 Å². The number of carboxylic acid groups (broad SMARTS) is 1. The van der Waals surface area contributed by atoms with Gasteiger partial charge >= 0.3 is 12.1 Å². The monoisotopic (exact) mass is 373 g/mol. The molecule has 0 aromatic heterocycles. The number of alkyl halides is 3. The fraction of sp³-hybridized carbons (Fsp3) is 0.579. The van der Waals surface area contributed by atoms with Gasteiger partial charge in [-0.3, -0.25) is 4.79 Å². The number of rotatable bonds is 11. The van der Waals surface area contributed by atoms with Crippen LogP contribution >= 0.6 is 0 Å². The highest BCUT2D eigenvalue weighted by atomic mass is 19.4. The first-order valence-electron chi connectivity index (χ1n) is 8.85. The van der Waals surface area contributed by atoms with Gasteiger partial charge in [0.2, 0.25) is 0 Å². The number of hydrogen-bond donors (Lipinski definition) is 0. The molecule has 0 saturated heterocycles. The van der Waals surface area contributed by atoms with E-state index in [-0.39, 0.29) is 6.42 Å². The second-order valence-electron chi connectivity index (χ2n) is 6.22. The van der Waals surface area contributed by atoms with E-state index in [1.165, 1.54) is 12.5 Å². The first kappa shape index (κ1) is 22.0. The van der Waals surface area contributed by atoms with Crippen LogP contribution in [-0.4, -0.2) is 18.1 Å². The molecular weight excluding hydrogens is 349 g/mol. The number of halogens is 3. The van der Waals surface area contributed by atoms with Crippen molar-refractivity contribution in [3.05, 3.63) is 29.3 Å². The molecule has 0 spiro atoms. The molecule has 0 radical (unpaired) electrons. The number of esters is 1. The molecule has 0 unspecified atom stereocenters. The number of unbranched alkanes of at least 4 members (excludes halogenated alkanes) is 6. The van der Waals surface area contributed by atoms with E-state index >= 15 is 0 Å². The predicted octanol–water partition coefficient (Wildman–Crippen LogP) is 4.20. The summed E-state index contributed by atoms with van der Waals surface area (Å²) in [7, 11) is 0. The molecule has 0 N–H and O–H groups in total. The molecule has 0 amide bonds. The number of carbonyl (C=O) groups excluding carboxylic acids is 2. The van der Waals surface area contributed by atoms with Crippen molar-refractivity contribution in [3.63, 3.8) is 0 Å². The zero-order valence-electron chi connectivity index (χ0n) is 14.9. The molecule has 146 valence electrons. The van der Waals surface area contributed by atoms with E-state index in [1.54, 1.807) is 0 Å². The second kappa shape index (κ2) is 10.8. The number of benzene rings is 1.